The van der Waals surface area contributed by atoms with Crippen molar-refractivity contribution in [2.45, 2.75) is 20.8 Å². The van der Waals surface area contributed by atoms with Crippen molar-refractivity contribution in [2.75, 3.05) is 13.2 Å². The van der Waals surface area contributed by atoms with Crippen LogP contribution in [-0.4, -0.2) is 19.2 Å². The van der Waals surface area contributed by atoms with Crippen molar-refractivity contribution < 1.29 is 23.4 Å². The molecule has 5 nitrogen and oxygen atoms in total. The van der Waals surface area contributed by atoms with Gasteiger partial charge >= 0.3 is 5.97 Å². The molecule has 1 aliphatic rings. The van der Waals surface area contributed by atoms with Crippen LogP contribution in [0.3, 0.4) is 0 Å². The SMILES string of the molecule is Cc1oc(C)c(C(=O)Oc2ccc3c(c2)OCCO3)c1C. The Kier molecular flexibility index (Phi) is 3.33. The maximum Gasteiger partial charge on any atom is 0.347 e. The highest BCUT2D eigenvalue weighted by Crippen LogP contribution is 2.34. The first-order chi connectivity index (χ1) is 10.1. The van der Waals surface area contributed by atoms with Crippen molar-refractivity contribution >= 4 is 5.97 Å². The van der Waals surface area contributed by atoms with Gasteiger partial charge in [-0.05, 0) is 32.9 Å². The van der Waals surface area contributed by atoms with Gasteiger partial charge in [-0.3, -0.25) is 0 Å². The fourth-order valence-corrected chi connectivity index (χ4v) is 2.34. The Hall–Kier alpha value is -2.43. The van der Waals surface area contributed by atoms with Gasteiger partial charge in [-0.1, -0.05) is 0 Å². The lowest BCUT2D eigenvalue weighted by atomic mass is 10.1. The number of carbonyl (C=O) groups is 1. The van der Waals surface area contributed by atoms with Crippen LogP contribution in [0.4, 0.5) is 0 Å². The van der Waals surface area contributed by atoms with E-state index in [1.165, 1.54) is 0 Å². The summed E-state index contributed by atoms with van der Waals surface area (Å²) in [5, 5.41) is 0. The molecule has 21 heavy (non-hydrogen) atoms. The minimum atomic E-state index is -0.432. The number of rotatable bonds is 2. The lowest BCUT2D eigenvalue weighted by Gasteiger charge is -2.18. The van der Waals surface area contributed by atoms with E-state index >= 15 is 0 Å². The zero-order valence-corrected chi connectivity index (χ0v) is 12.2. The fraction of sp³-hybridized carbons (Fsp3) is 0.312. The highest BCUT2D eigenvalue weighted by Gasteiger charge is 2.21. The molecule has 0 saturated heterocycles. The molecule has 2 aromatic rings. The molecule has 0 saturated carbocycles. The summed E-state index contributed by atoms with van der Waals surface area (Å²) < 4.78 is 21.8. The van der Waals surface area contributed by atoms with Crippen molar-refractivity contribution in [3.8, 4) is 17.2 Å². The van der Waals surface area contributed by atoms with Gasteiger partial charge in [0.1, 0.15) is 36.0 Å². The number of fused-ring (bicyclic) bond motifs is 1. The van der Waals surface area contributed by atoms with E-state index in [-0.39, 0.29) is 0 Å². The molecule has 5 heteroatoms. The maximum atomic E-state index is 12.3. The number of carbonyl (C=O) groups excluding carboxylic acids is 1. The third kappa shape index (κ3) is 2.46. The van der Waals surface area contributed by atoms with Crippen LogP contribution in [0.1, 0.15) is 27.4 Å². The summed E-state index contributed by atoms with van der Waals surface area (Å²) in [4.78, 5) is 12.3. The summed E-state index contributed by atoms with van der Waals surface area (Å²) in [6.45, 7) is 6.43. The summed E-state index contributed by atoms with van der Waals surface area (Å²) in [5.41, 5.74) is 1.28. The first-order valence-electron chi connectivity index (χ1n) is 6.74. The van der Waals surface area contributed by atoms with Gasteiger partial charge in [0.2, 0.25) is 0 Å². The van der Waals surface area contributed by atoms with E-state index in [4.69, 9.17) is 18.6 Å². The normalized spacial score (nSPS) is 13.1. The fourth-order valence-electron chi connectivity index (χ4n) is 2.34. The Morgan fingerprint density at radius 2 is 1.76 bits per heavy atom. The summed E-state index contributed by atoms with van der Waals surface area (Å²) >= 11 is 0. The van der Waals surface area contributed by atoms with E-state index in [9.17, 15) is 4.79 Å². The average molecular weight is 288 g/mol. The Balaban J connectivity index is 1.84. The number of esters is 1. The van der Waals surface area contributed by atoms with Gasteiger partial charge in [-0.2, -0.15) is 0 Å². The molecule has 3 rings (SSSR count). The highest BCUT2D eigenvalue weighted by atomic mass is 16.6. The molecule has 0 amide bonds. The molecule has 0 aliphatic carbocycles. The Bertz CT molecular complexity index is 699. The van der Waals surface area contributed by atoms with Crippen LogP contribution in [-0.2, 0) is 0 Å². The zero-order valence-electron chi connectivity index (χ0n) is 12.2. The lowest BCUT2D eigenvalue weighted by Crippen LogP contribution is -2.16. The second-order valence-corrected chi connectivity index (χ2v) is 4.91. The van der Waals surface area contributed by atoms with E-state index in [1.807, 2.05) is 13.8 Å². The third-order valence-electron chi connectivity index (χ3n) is 3.49. The van der Waals surface area contributed by atoms with E-state index in [1.54, 1.807) is 25.1 Å². The smallest absolute Gasteiger partial charge is 0.347 e. The topological polar surface area (TPSA) is 57.9 Å². The van der Waals surface area contributed by atoms with Gasteiger partial charge in [0.05, 0.1) is 0 Å². The molecule has 0 N–H and O–H groups in total. The second-order valence-electron chi connectivity index (χ2n) is 4.91. The first kappa shape index (κ1) is 13.5. The summed E-state index contributed by atoms with van der Waals surface area (Å²) in [5.74, 6) is 2.52. The largest absolute Gasteiger partial charge is 0.486 e. The standard InChI is InChI=1S/C16H16O5/c1-9-10(2)20-11(3)15(9)16(17)21-12-4-5-13-14(8-12)19-7-6-18-13/h4-5,8H,6-7H2,1-3H3. The third-order valence-corrected chi connectivity index (χ3v) is 3.49. The molecule has 1 aromatic heterocycles. The molecule has 0 spiro atoms. The maximum absolute atomic E-state index is 12.3. The molecule has 0 bridgehead atoms. The van der Waals surface area contributed by atoms with Crippen molar-refractivity contribution in [2.24, 2.45) is 0 Å². The van der Waals surface area contributed by atoms with E-state index in [0.717, 1.165) is 11.3 Å². The Morgan fingerprint density at radius 3 is 2.43 bits per heavy atom. The van der Waals surface area contributed by atoms with Crippen LogP contribution in [0.5, 0.6) is 17.2 Å². The molecule has 2 heterocycles. The van der Waals surface area contributed by atoms with Crippen LogP contribution in [0.2, 0.25) is 0 Å². The minimum absolute atomic E-state index is 0.418. The number of hydrogen-bond donors (Lipinski definition) is 0. The zero-order chi connectivity index (χ0) is 15.0. The Morgan fingerprint density at radius 1 is 1.05 bits per heavy atom. The van der Waals surface area contributed by atoms with E-state index in [0.29, 0.717) is 41.8 Å². The van der Waals surface area contributed by atoms with Crippen molar-refractivity contribution in [3.05, 3.63) is 40.8 Å². The predicted octanol–water partition coefficient (Wildman–Crippen LogP) is 3.20. The second kappa shape index (κ2) is 5.16. The van der Waals surface area contributed by atoms with Gasteiger partial charge in [0, 0.05) is 11.6 Å². The average Bonchev–Trinajstić information content (AvgIpc) is 2.72. The van der Waals surface area contributed by atoms with Gasteiger partial charge in [-0.25, -0.2) is 4.79 Å². The monoisotopic (exact) mass is 288 g/mol. The molecule has 0 atom stereocenters. The van der Waals surface area contributed by atoms with Crippen molar-refractivity contribution in [1.29, 1.82) is 0 Å². The summed E-state index contributed by atoms with van der Waals surface area (Å²) in [6, 6.07) is 5.07. The molecule has 110 valence electrons. The number of benzene rings is 1. The summed E-state index contributed by atoms with van der Waals surface area (Å²) in [6.07, 6.45) is 0. The predicted molar refractivity (Wildman–Crippen MR) is 75.3 cm³/mol. The van der Waals surface area contributed by atoms with Crippen molar-refractivity contribution in [1.82, 2.24) is 0 Å². The Labute approximate surface area is 122 Å². The van der Waals surface area contributed by atoms with Crippen LogP contribution in [0, 0.1) is 20.8 Å². The number of aryl methyl sites for hydroxylation is 2. The van der Waals surface area contributed by atoms with Crippen LogP contribution in [0.15, 0.2) is 22.6 Å². The summed E-state index contributed by atoms with van der Waals surface area (Å²) in [7, 11) is 0. The molecule has 0 unspecified atom stereocenters. The first-order valence-corrected chi connectivity index (χ1v) is 6.74. The number of hydrogen-bond acceptors (Lipinski definition) is 5. The van der Waals surface area contributed by atoms with Gasteiger partial charge in [-0.15, -0.1) is 0 Å². The molecule has 0 fully saturated rings. The number of ether oxygens (including phenoxy) is 3. The van der Waals surface area contributed by atoms with Crippen molar-refractivity contribution in [3.63, 3.8) is 0 Å². The quantitative estimate of drug-likeness (QED) is 0.627. The molecular weight excluding hydrogens is 272 g/mol. The molecule has 1 aromatic carbocycles. The van der Waals surface area contributed by atoms with Crippen LogP contribution in [0.25, 0.3) is 0 Å². The van der Waals surface area contributed by atoms with Gasteiger partial charge < -0.3 is 18.6 Å². The molecular formula is C16H16O5. The number of furan rings is 1. The molecule has 1 aliphatic heterocycles. The van der Waals surface area contributed by atoms with Gasteiger partial charge in [0.15, 0.2) is 11.5 Å². The van der Waals surface area contributed by atoms with Crippen LogP contribution < -0.4 is 14.2 Å². The minimum Gasteiger partial charge on any atom is -0.486 e. The lowest BCUT2D eigenvalue weighted by molar-refractivity contribution is 0.0731. The highest BCUT2D eigenvalue weighted by molar-refractivity contribution is 5.94. The van der Waals surface area contributed by atoms with E-state index < -0.39 is 5.97 Å². The van der Waals surface area contributed by atoms with Crippen LogP contribution >= 0.6 is 0 Å². The van der Waals surface area contributed by atoms with E-state index in [2.05, 4.69) is 0 Å². The van der Waals surface area contributed by atoms with Gasteiger partial charge in [0.25, 0.3) is 0 Å². The molecule has 0 radical (unpaired) electrons.